The third-order valence-corrected chi connectivity index (χ3v) is 3.87. The van der Waals surface area contributed by atoms with Crippen molar-refractivity contribution in [1.82, 2.24) is 9.97 Å². The molecular weight excluding hydrogens is 276 g/mol. The minimum Gasteiger partial charge on any atom is -0.495 e. The lowest BCUT2D eigenvalue weighted by Crippen LogP contribution is -2.19. The van der Waals surface area contributed by atoms with Gasteiger partial charge in [0.2, 0.25) is 5.95 Å². The van der Waals surface area contributed by atoms with E-state index in [0.29, 0.717) is 5.95 Å². The third kappa shape index (κ3) is 3.13. The highest BCUT2D eigenvalue weighted by Crippen LogP contribution is 2.28. The molecule has 0 bridgehead atoms. The number of benzene rings is 1. The number of hydrogen-bond donors (Lipinski definition) is 1. The van der Waals surface area contributed by atoms with Gasteiger partial charge in [0, 0.05) is 24.8 Å². The molecule has 0 spiro atoms. The molecule has 22 heavy (non-hydrogen) atoms. The van der Waals surface area contributed by atoms with E-state index < -0.39 is 0 Å². The first-order valence-corrected chi connectivity index (χ1v) is 7.68. The van der Waals surface area contributed by atoms with E-state index in [1.807, 2.05) is 31.2 Å². The maximum absolute atomic E-state index is 5.40. The predicted octanol–water partition coefficient (Wildman–Crippen LogP) is 3.45. The summed E-state index contributed by atoms with van der Waals surface area (Å²) in [4.78, 5) is 11.5. The van der Waals surface area contributed by atoms with Crippen LogP contribution >= 0.6 is 0 Å². The first-order valence-electron chi connectivity index (χ1n) is 7.68. The van der Waals surface area contributed by atoms with Crippen molar-refractivity contribution < 1.29 is 4.74 Å². The summed E-state index contributed by atoms with van der Waals surface area (Å²) in [6.07, 6.45) is 2.47. The second kappa shape index (κ2) is 6.22. The molecule has 2 heterocycles. The first-order chi connectivity index (χ1) is 10.7. The van der Waals surface area contributed by atoms with Gasteiger partial charge in [-0.1, -0.05) is 6.07 Å². The smallest absolute Gasteiger partial charge is 0.229 e. The van der Waals surface area contributed by atoms with Crippen LogP contribution in [0.1, 0.15) is 24.1 Å². The molecule has 1 aromatic carbocycles. The fraction of sp³-hybridized carbons (Fsp3) is 0.412. The second-order valence-corrected chi connectivity index (χ2v) is 5.71. The largest absolute Gasteiger partial charge is 0.495 e. The Balaban J connectivity index is 1.90. The molecule has 1 aliphatic rings. The van der Waals surface area contributed by atoms with Gasteiger partial charge in [-0.25, -0.2) is 4.98 Å². The van der Waals surface area contributed by atoms with Crippen LogP contribution in [0.15, 0.2) is 24.3 Å². The van der Waals surface area contributed by atoms with Crippen LogP contribution in [0.3, 0.4) is 0 Å². The molecule has 1 fully saturated rings. The van der Waals surface area contributed by atoms with Crippen LogP contribution in [0, 0.1) is 13.8 Å². The molecule has 0 unspecified atom stereocenters. The molecule has 0 aliphatic carbocycles. The van der Waals surface area contributed by atoms with Gasteiger partial charge in [0.25, 0.3) is 0 Å². The van der Waals surface area contributed by atoms with Crippen molar-refractivity contribution >= 4 is 17.5 Å². The number of ether oxygens (including phenoxy) is 1. The highest BCUT2D eigenvalue weighted by Gasteiger charge is 2.15. The Morgan fingerprint density at radius 2 is 1.86 bits per heavy atom. The molecule has 0 atom stereocenters. The van der Waals surface area contributed by atoms with Crippen molar-refractivity contribution in [3.05, 3.63) is 35.5 Å². The van der Waals surface area contributed by atoms with Crippen LogP contribution in [0.2, 0.25) is 0 Å². The lowest BCUT2D eigenvalue weighted by Gasteiger charge is -2.18. The molecule has 116 valence electrons. The van der Waals surface area contributed by atoms with Gasteiger partial charge in [-0.2, -0.15) is 4.98 Å². The van der Waals surface area contributed by atoms with Crippen molar-refractivity contribution in [3.63, 3.8) is 0 Å². The van der Waals surface area contributed by atoms with Gasteiger partial charge in [-0.05, 0) is 44.4 Å². The van der Waals surface area contributed by atoms with Crippen molar-refractivity contribution in [1.29, 1.82) is 0 Å². The Morgan fingerprint density at radius 1 is 1.09 bits per heavy atom. The summed E-state index contributed by atoms with van der Waals surface area (Å²) >= 11 is 0. The number of nitrogens with one attached hydrogen (secondary N) is 1. The fourth-order valence-corrected chi connectivity index (χ4v) is 2.76. The number of hydrogen-bond acceptors (Lipinski definition) is 5. The standard InChI is InChI=1S/C17H22N4O/c1-12-6-7-15(22-3)14(10-12)19-17-18-13(2)11-16(20-17)21-8-4-5-9-21/h6-7,10-11H,4-5,8-9H2,1-3H3,(H,18,19,20). The molecule has 1 N–H and O–H groups in total. The zero-order valence-corrected chi connectivity index (χ0v) is 13.4. The molecule has 3 rings (SSSR count). The summed E-state index contributed by atoms with van der Waals surface area (Å²) in [5.41, 5.74) is 3.02. The third-order valence-electron chi connectivity index (χ3n) is 3.87. The predicted molar refractivity (Wildman–Crippen MR) is 89.2 cm³/mol. The Hall–Kier alpha value is -2.30. The van der Waals surface area contributed by atoms with Crippen LogP contribution in [0.5, 0.6) is 5.75 Å². The Bertz CT molecular complexity index is 666. The monoisotopic (exact) mass is 298 g/mol. The van der Waals surface area contributed by atoms with Crippen molar-refractivity contribution in [3.8, 4) is 5.75 Å². The number of aryl methyl sites for hydroxylation is 2. The van der Waals surface area contributed by atoms with Crippen molar-refractivity contribution in [2.75, 3.05) is 30.4 Å². The van der Waals surface area contributed by atoms with Crippen LogP contribution in [-0.2, 0) is 0 Å². The SMILES string of the molecule is COc1ccc(C)cc1Nc1nc(C)cc(N2CCCC2)n1. The number of anilines is 3. The molecule has 0 saturated carbocycles. The lowest BCUT2D eigenvalue weighted by molar-refractivity contribution is 0.416. The summed E-state index contributed by atoms with van der Waals surface area (Å²) in [6.45, 7) is 6.20. The second-order valence-electron chi connectivity index (χ2n) is 5.71. The summed E-state index contributed by atoms with van der Waals surface area (Å²) < 4.78 is 5.40. The zero-order valence-electron chi connectivity index (χ0n) is 13.4. The number of nitrogens with zero attached hydrogens (tertiary/aromatic N) is 3. The molecular formula is C17H22N4O. The number of aromatic nitrogens is 2. The first kappa shape index (κ1) is 14.6. The quantitative estimate of drug-likeness (QED) is 0.937. The van der Waals surface area contributed by atoms with Gasteiger partial charge in [0.05, 0.1) is 12.8 Å². The van der Waals surface area contributed by atoms with E-state index in [1.165, 1.54) is 12.8 Å². The molecule has 0 amide bonds. The van der Waals surface area contributed by atoms with Crippen molar-refractivity contribution in [2.45, 2.75) is 26.7 Å². The fourth-order valence-electron chi connectivity index (χ4n) is 2.76. The van der Waals surface area contributed by atoms with Gasteiger partial charge in [-0.15, -0.1) is 0 Å². The molecule has 1 aromatic heterocycles. The molecule has 5 nitrogen and oxygen atoms in total. The average Bonchev–Trinajstić information content (AvgIpc) is 3.01. The van der Waals surface area contributed by atoms with Gasteiger partial charge >= 0.3 is 0 Å². The summed E-state index contributed by atoms with van der Waals surface area (Å²) in [6, 6.07) is 8.07. The highest BCUT2D eigenvalue weighted by molar-refractivity contribution is 5.64. The highest BCUT2D eigenvalue weighted by atomic mass is 16.5. The van der Waals surface area contributed by atoms with Gasteiger partial charge in [0.15, 0.2) is 0 Å². The topological polar surface area (TPSA) is 50.3 Å². The Morgan fingerprint density at radius 3 is 2.59 bits per heavy atom. The van der Waals surface area contributed by atoms with Crippen LogP contribution in [0.4, 0.5) is 17.5 Å². The van der Waals surface area contributed by atoms with E-state index in [9.17, 15) is 0 Å². The maximum atomic E-state index is 5.40. The van der Waals surface area contributed by atoms with Crippen LogP contribution in [0.25, 0.3) is 0 Å². The number of methoxy groups -OCH3 is 1. The molecule has 1 aliphatic heterocycles. The maximum Gasteiger partial charge on any atom is 0.229 e. The van der Waals surface area contributed by atoms with E-state index in [2.05, 4.69) is 27.1 Å². The molecule has 0 radical (unpaired) electrons. The van der Waals surface area contributed by atoms with E-state index >= 15 is 0 Å². The minimum atomic E-state index is 0.616. The summed E-state index contributed by atoms with van der Waals surface area (Å²) in [7, 11) is 1.67. The van der Waals surface area contributed by atoms with E-state index in [1.54, 1.807) is 7.11 Å². The summed E-state index contributed by atoms with van der Waals surface area (Å²) in [5.74, 6) is 2.41. The Labute approximate surface area is 131 Å². The molecule has 1 saturated heterocycles. The van der Waals surface area contributed by atoms with E-state index in [4.69, 9.17) is 4.74 Å². The van der Waals surface area contributed by atoms with Crippen LogP contribution in [-0.4, -0.2) is 30.2 Å². The molecule has 5 heteroatoms. The zero-order chi connectivity index (χ0) is 15.5. The lowest BCUT2D eigenvalue weighted by atomic mass is 10.2. The van der Waals surface area contributed by atoms with Gasteiger partial charge in [0.1, 0.15) is 11.6 Å². The average molecular weight is 298 g/mol. The van der Waals surface area contributed by atoms with E-state index in [-0.39, 0.29) is 0 Å². The van der Waals surface area contributed by atoms with Crippen molar-refractivity contribution in [2.24, 2.45) is 0 Å². The normalized spacial score (nSPS) is 14.2. The van der Waals surface area contributed by atoms with Gasteiger partial charge < -0.3 is 15.0 Å². The van der Waals surface area contributed by atoms with Gasteiger partial charge in [-0.3, -0.25) is 0 Å². The number of rotatable bonds is 4. The Kier molecular flexibility index (Phi) is 4.13. The van der Waals surface area contributed by atoms with Crippen LogP contribution < -0.4 is 15.0 Å². The minimum absolute atomic E-state index is 0.616. The summed E-state index contributed by atoms with van der Waals surface area (Å²) in [5, 5.41) is 3.30. The molecule has 2 aromatic rings. The van der Waals surface area contributed by atoms with E-state index in [0.717, 1.165) is 41.6 Å².